The first kappa shape index (κ1) is 22.4. The zero-order valence-corrected chi connectivity index (χ0v) is 18.4. The lowest BCUT2D eigenvalue weighted by atomic mass is 10.1. The number of hydrazone groups is 1. The Hall–Kier alpha value is -1.85. The van der Waals surface area contributed by atoms with E-state index in [1.807, 2.05) is 38.1 Å². The molecule has 1 N–H and O–H groups in total. The zero-order chi connectivity index (χ0) is 20.4. The van der Waals surface area contributed by atoms with Crippen molar-refractivity contribution in [2.24, 2.45) is 5.10 Å². The first-order valence-electron chi connectivity index (χ1n) is 9.69. The van der Waals surface area contributed by atoms with E-state index in [1.165, 1.54) is 5.56 Å². The molecule has 0 unspecified atom stereocenters. The molecule has 2 rings (SSSR count). The Balaban J connectivity index is 2.00. The summed E-state index contributed by atoms with van der Waals surface area (Å²) in [5, 5.41) is 4.28. The Morgan fingerprint density at radius 3 is 2.18 bits per heavy atom. The molecule has 1 aromatic heterocycles. The molecule has 0 saturated heterocycles. The highest BCUT2D eigenvalue weighted by atomic mass is 35.5. The second-order valence-electron chi connectivity index (χ2n) is 6.63. The number of nitrogens with zero attached hydrogens (tertiary/aromatic N) is 4. The van der Waals surface area contributed by atoms with Crippen molar-refractivity contribution in [1.82, 2.24) is 9.97 Å². The van der Waals surface area contributed by atoms with E-state index < -0.39 is 0 Å². The van der Waals surface area contributed by atoms with Gasteiger partial charge in [-0.2, -0.15) is 5.10 Å². The molecule has 0 spiro atoms. The maximum atomic E-state index is 5.87. The molecule has 1 aromatic carbocycles. The normalized spacial score (nSPS) is 11.2. The molecule has 0 fully saturated rings. The molecule has 0 saturated carbocycles. The Bertz CT molecular complexity index is 733. The van der Waals surface area contributed by atoms with Gasteiger partial charge in [0.15, 0.2) is 0 Å². The van der Waals surface area contributed by atoms with Crippen LogP contribution in [-0.2, 0) is 6.42 Å². The first-order valence-corrected chi connectivity index (χ1v) is 10.8. The summed E-state index contributed by atoms with van der Waals surface area (Å²) >= 11 is 11.7. The number of hydrogen-bond acceptors (Lipinski definition) is 5. The second-order valence-corrected chi connectivity index (χ2v) is 7.38. The number of alkyl halides is 2. The number of nitrogens with one attached hydrogen (secondary N) is 1. The van der Waals surface area contributed by atoms with Crippen molar-refractivity contribution < 1.29 is 0 Å². The van der Waals surface area contributed by atoms with Gasteiger partial charge in [-0.3, -0.25) is 0 Å². The van der Waals surface area contributed by atoms with Crippen molar-refractivity contribution in [2.45, 2.75) is 40.0 Å². The second kappa shape index (κ2) is 11.9. The van der Waals surface area contributed by atoms with E-state index >= 15 is 0 Å². The highest BCUT2D eigenvalue weighted by Gasteiger charge is 2.08. The lowest BCUT2D eigenvalue weighted by Crippen LogP contribution is -2.27. The first-order chi connectivity index (χ1) is 13.6. The number of unbranched alkanes of at least 4 members (excludes halogenated alkanes) is 1. The average Bonchev–Trinajstić information content (AvgIpc) is 2.68. The minimum absolute atomic E-state index is 0.526. The third-order valence-corrected chi connectivity index (χ3v) is 4.88. The van der Waals surface area contributed by atoms with Gasteiger partial charge in [-0.25, -0.2) is 15.4 Å². The van der Waals surface area contributed by atoms with E-state index in [4.69, 9.17) is 23.2 Å². The number of aromatic nitrogens is 2. The molecule has 152 valence electrons. The van der Waals surface area contributed by atoms with Crippen molar-refractivity contribution in [2.75, 3.05) is 35.2 Å². The van der Waals surface area contributed by atoms with Crippen LogP contribution in [0.15, 0.2) is 29.4 Å². The van der Waals surface area contributed by atoms with Gasteiger partial charge in [0.2, 0.25) is 5.95 Å². The molecule has 0 atom stereocenters. The van der Waals surface area contributed by atoms with Gasteiger partial charge in [0.1, 0.15) is 0 Å². The number of anilines is 2. The van der Waals surface area contributed by atoms with Gasteiger partial charge in [0.05, 0.1) is 6.21 Å². The molecule has 1 heterocycles. The van der Waals surface area contributed by atoms with Crippen LogP contribution in [0.1, 0.15) is 42.3 Å². The largest absolute Gasteiger partial charge is 0.369 e. The van der Waals surface area contributed by atoms with E-state index in [0.717, 1.165) is 55.0 Å². The van der Waals surface area contributed by atoms with Crippen LogP contribution in [0.25, 0.3) is 0 Å². The summed E-state index contributed by atoms with van der Waals surface area (Å²) in [5.41, 5.74) is 8.30. The average molecular weight is 422 g/mol. The van der Waals surface area contributed by atoms with Crippen LogP contribution in [0.3, 0.4) is 0 Å². The summed E-state index contributed by atoms with van der Waals surface area (Å²) in [6, 6.07) is 8.13. The zero-order valence-electron chi connectivity index (χ0n) is 16.9. The van der Waals surface area contributed by atoms with Crippen LogP contribution < -0.4 is 10.3 Å². The molecule has 0 aliphatic rings. The van der Waals surface area contributed by atoms with Crippen LogP contribution in [0.4, 0.5) is 11.6 Å². The summed E-state index contributed by atoms with van der Waals surface area (Å²) in [5.74, 6) is 1.67. The summed E-state index contributed by atoms with van der Waals surface area (Å²) in [6.45, 7) is 7.79. The van der Waals surface area contributed by atoms with Crippen molar-refractivity contribution in [3.05, 3.63) is 46.8 Å². The molecule has 7 heteroatoms. The predicted octanol–water partition coefficient (Wildman–Crippen LogP) is 5.17. The molecule has 0 bridgehead atoms. The summed E-state index contributed by atoms with van der Waals surface area (Å²) in [6.07, 6.45) is 5.10. The van der Waals surface area contributed by atoms with Crippen LogP contribution >= 0.6 is 23.2 Å². The van der Waals surface area contributed by atoms with E-state index in [9.17, 15) is 0 Å². The summed E-state index contributed by atoms with van der Waals surface area (Å²) in [7, 11) is 0. The minimum Gasteiger partial charge on any atom is -0.369 e. The van der Waals surface area contributed by atoms with Gasteiger partial charge < -0.3 is 4.90 Å². The Kier molecular flexibility index (Phi) is 9.51. The highest BCUT2D eigenvalue weighted by Crippen LogP contribution is 2.16. The third kappa shape index (κ3) is 6.64. The van der Waals surface area contributed by atoms with E-state index in [-0.39, 0.29) is 0 Å². The molecule has 0 radical (unpaired) electrons. The fraction of sp³-hybridized carbons (Fsp3) is 0.476. The smallest absolute Gasteiger partial charge is 0.243 e. The topological polar surface area (TPSA) is 53.4 Å². The van der Waals surface area contributed by atoms with Crippen LogP contribution in [-0.4, -0.2) is 41.0 Å². The van der Waals surface area contributed by atoms with Gasteiger partial charge >= 0.3 is 0 Å². The summed E-state index contributed by atoms with van der Waals surface area (Å²) in [4.78, 5) is 11.2. The molecule has 0 amide bonds. The molecule has 28 heavy (non-hydrogen) atoms. The van der Waals surface area contributed by atoms with Crippen LogP contribution in [0.5, 0.6) is 0 Å². The van der Waals surface area contributed by atoms with E-state index in [1.54, 1.807) is 6.21 Å². The number of halogens is 2. The van der Waals surface area contributed by atoms with Gasteiger partial charge in [0, 0.05) is 41.9 Å². The van der Waals surface area contributed by atoms with Gasteiger partial charge in [-0.05, 0) is 49.9 Å². The van der Waals surface area contributed by atoms with Crippen molar-refractivity contribution in [3.63, 3.8) is 0 Å². The fourth-order valence-electron chi connectivity index (χ4n) is 3.01. The van der Waals surface area contributed by atoms with Crippen LogP contribution in [0, 0.1) is 13.8 Å². The lowest BCUT2D eigenvalue weighted by molar-refractivity contribution is 0.774. The van der Waals surface area contributed by atoms with Gasteiger partial charge in [0.25, 0.3) is 0 Å². The molecular formula is C21H29Cl2N5. The van der Waals surface area contributed by atoms with Gasteiger partial charge in [-0.1, -0.05) is 25.5 Å². The monoisotopic (exact) mass is 421 g/mol. The maximum Gasteiger partial charge on any atom is 0.243 e. The highest BCUT2D eigenvalue weighted by molar-refractivity contribution is 6.18. The maximum absolute atomic E-state index is 5.87. The lowest BCUT2D eigenvalue weighted by Gasteiger charge is -2.22. The minimum atomic E-state index is 0.526. The Morgan fingerprint density at radius 2 is 1.64 bits per heavy atom. The van der Waals surface area contributed by atoms with Crippen molar-refractivity contribution >= 4 is 41.1 Å². The standard InChI is InChI=1S/C21H29Cl2N5/c1-4-5-6-20-16(2)25-21(26-17(20)3)27-24-15-18-7-9-19(10-8-18)28(13-11-22)14-12-23/h7-10,15H,4-6,11-14H2,1-3H3,(H,25,26,27)/b24-15+. The fourth-order valence-corrected chi connectivity index (χ4v) is 3.42. The van der Waals surface area contributed by atoms with Crippen molar-refractivity contribution in [1.29, 1.82) is 0 Å². The Labute approximate surface area is 178 Å². The molecule has 0 aliphatic heterocycles. The van der Waals surface area contributed by atoms with Gasteiger partial charge in [-0.15, -0.1) is 23.2 Å². The van der Waals surface area contributed by atoms with Crippen LogP contribution in [0.2, 0.25) is 0 Å². The number of rotatable bonds is 11. The Morgan fingerprint density at radius 1 is 1.04 bits per heavy atom. The predicted molar refractivity (Wildman–Crippen MR) is 121 cm³/mol. The molecular weight excluding hydrogens is 393 g/mol. The molecule has 2 aromatic rings. The summed E-state index contributed by atoms with van der Waals surface area (Å²) < 4.78 is 0. The number of hydrogen-bond donors (Lipinski definition) is 1. The number of benzene rings is 1. The third-order valence-electron chi connectivity index (χ3n) is 4.55. The SMILES string of the molecule is CCCCc1c(C)nc(N/N=C/c2ccc(N(CCCl)CCCl)cc2)nc1C. The quantitative estimate of drug-likeness (QED) is 0.309. The molecule has 0 aliphatic carbocycles. The number of aryl methyl sites for hydroxylation is 2. The van der Waals surface area contributed by atoms with Crippen molar-refractivity contribution in [3.8, 4) is 0 Å². The molecule has 5 nitrogen and oxygen atoms in total. The van der Waals surface area contributed by atoms with E-state index in [0.29, 0.717) is 17.7 Å². The van der Waals surface area contributed by atoms with E-state index in [2.05, 4.69) is 32.3 Å².